The Balaban J connectivity index is 2.24. The molecule has 0 aliphatic carbocycles. The molecular formula is C10H6N2OS. The van der Waals surface area contributed by atoms with Crippen LogP contribution in [0.15, 0.2) is 41.2 Å². The molecule has 14 heavy (non-hydrogen) atoms. The molecule has 3 aromatic rings. The molecule has 0 atom stereocenters. The third-order valence-corrected chi connectivity index (χ3v) is 3.06. The fourth-order valence-corrected chi connectivity index (χ4v) is 2.24. The SMILES string of the molecule is c1ccc2sc(-c3cnoc3)nc2c1. The Bertz CT molecular complexity index is 523. The van der Waals surface area contributed by atoms with Crippen molar-refractivity contribution < 1.29 is 4.52 Å². The van der Waals surface area contributed by atoms with Gasteiger partial charge in [0.2, 0.25) is 0 Å². The fourth-order valence-electron chi connectivity index (χ4n) is 1.31. The van der Waals surface area contributed by atoms with Gasteiger partial charge in [-0.15, -0.1) is 11.3 Å². The quantitative estimate of drug-likeness (QED) is 0.609. The molecular weight excluding hydrogens is 196 g/mol. The van der Waals surface area contributed by atoms with Gasteiger partial charge in [0, 0.05) is 0 Å². The van der Waals surface area contributed by atoms with Crippen molar-refractivity contribution >= 4 is 21.6 Å². The number of nitrogens with zero attached hydrogens (tertiary/aromatic N) is 2. The van der Waals surface area contributed by atoms with Crippen LogP contribution in [-0.4, -0.2) is 10.1 Å². The summed E-state index contributed by atoms with van der Waals surface area (Å²) in [5.41, 5.74) is 1.96. The maximum absolute atomic E-state index is 4.78. The number of hydrogen-bond acceptors (Lipinski definition) is 4. The highest BCUT2D eigenvalue weighted by molar-refractivity contribution is 7.21. The summed E-state index contributed by atoms with van der Waals surface area (Å²) in [6, 6.07) is 8.06. The van der Waals surface area contributed by atoms with Crippen LogP contribution in [0.1, 0.15) is 0 Å². The second kappa shape index (κ2) is 2.92. The number of aromatic nitrogens is 2. The van der Waals surface area contributed by atoms with Crippen molar-refractivity contribution in [3.8, 4) is 10.6 Å². The van der Waals surface area contributed by atoms with Gasteiger partial charge in [0.25, 0.3) is 0 Å². The third-order valence-electron chi connectivity index (χ3n) is 1.97. The van der Waals surface area contributed by atoms with Crippen molar-refractivity contribution in [2.24, 2.45) is 0 Å². The lowest BCUT2D eigenvalue weighted by Crippen LogP contribution is -1.69. The molecule has 2 heterocycles. The van der Waals surface area contributed by atoms with E-state index in [-0.39, 0.29) is 0 Å². The predicted molar refractivity (Wildman–Crippen MR) is 55.1 cm³/mol. The van der Waals surface area contributed by atoms with Crippen LogP contribution in [-0.2, 0) is 0 Å². The minimum Gasteiger partial charge on any atom is -0.364 e. The van der Waals surface area contributed by atoms with E-state index < -0.39 is 0 Å². The van der Waals surface area contributed by atoms with Gasteiger partial charge in [-0.2, -0.15) is 0 Å². The average Bonchev–Trinajstić information content (AvgIpc) is 2.86. The van der Waals surface area contributed by atoms with E-state index in [9.17, 15) is 0 Å². The predicted octanol–water partition coefficient (Wildman–Crippen LogP) is 2.95. The van der Waals surface area contributed by atoms with E-state index in [1.807, 2.05) is 18.2 Å². The minimum atomic E-state index is 0.936. The Labute approximate surface area is 84.0 Å². The van der Waals surface area contributed by atoms with Gasteiger partial charge in [-0.05, 0) is 12.1 Å². The van der Waals surface area contributed by atoms with Crippen LogP contribution in [0.4, 0.5) is 0 Å². The van der Waals surface area contributed by atoms with Gasteiger partial charge in [0.15, 0.2) is 0 Å². The van der Waals surface area contributed by atoms with E-state index in [1.165, 1.54) is 4.70 Å². The average molecular weight is 202 g/mol. The van der Waals surface area contributed by atoms with E-state index in [0.717, 1.165) is 16.1 Å². The number of thiazole rings is 1. The molecule has 0 fully saturated rings. The molecule has 0 aliphatic rings. The molecule has 1 aromatic carbocycles. The molecule has 0 saturated carbocycles. The number of para-hydroxylation sites is 1. The Morgan fingerprint density at radius 3 is 2.93 bits per heavy atom. The molecule has 3 rings (SSSR count). The second-order valence-electron chi connectivity index (χ2n) is 2.90. The summed E-state index contributed by atoms with van der Waals surface area (Å²) in [7, 11) is 0. The van der Waals surface area contributed by atoms with Crippen molar-refractivity contribution in [1.82, 2.24) is 10.1 Å². The molecule has 0 aliphatic heterocycles. The molecule has 0 spiro atoms. The maximum atomic E-state index is 4.78. The summed E-state index contributed by atoms with van der Waals surface area (Å²) in [6.07, 6.45) is 3.29. The van der Waals surface area contributed by atoms with Crippen LogP contribution < -0.4 is 0 Å². The number of fused-ring (bicyclic) bond motifs is 1. The lowest BCUT2D eigenvalue weighted by Gasteiger charge is -1.81. The first-order valence-electron chi connectivity index (χ1n) is 4.19. The number of hydrogen-bond donors (Lipinski definition) is 0. The molecule has 0 bridgehead atoms. The largest absolute Gasteiger partial charge is 0.364 e. The lowest BCUT2D eigenvalue weighted by molar-refractivity contribution is 0.420. The highest BCUT2D eigenvalue weighted by atomic mass is 32.1. The smallest absolute Gasteiger partial charge is 0.134 e. The van der Waals surface area contributed by atoms with Crippen molar-refractivity contribution in [3.05, 3.63) is 36.7 Å². The summed E-state index contributed by atoms with van der Waals surface area (Å²) < 4.78 is 5.97. The van der Waals surface area contributed by atoms with Gasteiger partial charge in [0.05, 0.1) is 22.0 Å². The Morgan fingerprint density at radius 1 is 1.21 bits per heavy atom. The van der Waals surface area contributed by atoms with Gasteiger partial charge in [-0.3, -0.25) is 0 Å². The highest BCUT2D eigenvalue weighted by Gasteiger charge is 2.06. The zero-order valence-electron chi connectivity index (χ0n) is 7.18. The van der Waals surface area contributed by atoms with E-state index in [0.29, 0.717) is 0 Å². The first kappa shape index (κ1) is 7.70. The van der Waals surface area contributed by atoms with E-state index in [1.54, 1.807) is 23.8 Å². The van der Waals surface area contributed by atoms with Gasteiger partial charge >= 0.3 is 0 Å². The Kier molecular flexibility index (Phi) is 1.61. The molecule has 0 N–H and O–H groups in total. The van der Waals surface area contributed by atoms with E-state index in [2.05, 4.69) is 16.2 Å². The van der Waals surface area contributed by atoms with Gasteiger partial charge < -0.3 is 4.52 Å². The monoisotopic (exact) mass is 202 g/mol. The molecule has 0 unspecified atom stereocenters. The summed E-state index contributed by atoms with van der Waals surface area (Å²) >= 11 is 1.64. The topological polar surface area (TPSA) is 38.9 Å². The zero-order chi connectivity index (χ0) is 9.38. The Hall–Kier alpha value is -1.68. The molecule has 3 nitrogen and oxygen atoms in total. The molecule has 4 heteroatoms. The van der Waals surface area contributed by atoms with E-state index in [4.69, 9.17) is 4.52 Å². The molecule has 0 amide bonds. The van der Waals surface area contributed by atoms with Crippen LogP contribution in [0.2, 0.25) is 0 Å². The van der Waals surface area contributed by atoms with E-state index >= 15 is 0 Å². The van der Waals surface area contributed by atoms with Crippen molar-refractivity contribution in [2.75, 3.05) is 0 Å². The summed E-state index contributed by atoms with van der Waals surface area (Å²) in [4.78, 5) is 4.47. The second-order valence-corrected chi connectivity index (χ2v) is 3.93. The fraction of sp³-hybridized carbons (Fsp3) is 0. The third kappa shape index (κ3) is 1.12. The van der Waals surface area contributed by atoms with Crippen molar-refractivity contribution in [1.29, 1.82) is 0 Å². The maximum Gasteiger partial charge on any atom is 0.134 e. The standard InChI is InChI=1S/C10H6N2OS/c1-2-4-9-8(3-1)12-10(14-9)7-5-11-13-6-7/h1-6H. The summed E-state index contributed by atoms with van der Waals surface area (Å²) in [6.45, 7) is 0. The van der Waals surface area contributed by atoms with Crippen molar-refractivity contribution in [3.63, 3.8) is 0 Å². The highest BCUT2D eigenvalue weighted by Crippen LogP contribution is 2.29. The van der Waals surface area contributed by atoms with Crippen LogP contribution >= 0.6 is 11.3 Å². The van der Waals surface area contributed by atoms with Crippen LogP contribution in [0.3, 0.4) is 0 Å². The molecule has 0 radical (unpaired) electrons. The van der Waals surface area contributed by atoms with Crippen LogP contribution in [0, 0.1) is 0 Å². The lowest BCUT2D eigenvalue weighted by atomic mass is 10.3. The zero-order valence-corrected chi connectivity index (χ0v) is 7.99. The summed E-state index contributed by atoms with van der Waals surface area (Å²) in [5.74, 6) is 0. The summed E-state index contributed by atoms with van der Waals surface area (Å²) in [5, 5.41) is 4.61. The molecule has 2 aromatic heterocycles. The number of benzene rings is 1. The van der Waals surface area contributed by atoms with Gasteiger partial charge in [-0.1, -0.05) is 17.3 Å². The first-order valence-corrected chi connectivity index (χ1v) is 5.00. The van der Waals surface area contributed by atoms with Crippen molar-refractivity contribution in [2.45, 2.75) is 0 Å². The van der Waals surface area contributed by atoms with Gasteiger partial charge in [-0.25, -0.2) is 4.98 Å². The number of rotatable bonds is 1. The molecule has 0 saturated heterocycles. The first-order chi connectivity index (χ1) is 6.93. The Morgan fingerprint density at radius 2 is 2.14 bits per heavy atom. The molecule has 68 valence electrons. The van der Waals surface area contributed by atoms with Crippen LogP contribution in [0.25, 0.3) is 20.8 Å². The minimum absolute atomic E-state index is 0.936. The van der Waals surface area contributed by atoms with Crippen LogP contribution in [0.5, 0.6) is 0 Å². The normalized spacial score (nSPS) is 10.9. The van der Waals surface area contributed by atoms with Gasteiger partial charge in [0.1, 0.15) is 11.3 Å².